The van der Waals surface area contributed by atoms with Gasteiger partial charge in [-0.1, -0.05) is 46.3 Å². The molecule has 1 aliphatic heterocycles. The van der Waals surface area contributed by atoms with Crippen molar-refractivity contribution >= 4 is 38.9 Å². The molecule has 1 N–H and O–H groups in total. The predicted octanol–water partition coefficient (Wildman–Crippen LogP) is 5.84. The monoisotopic (exact) mass is 445 g/mol. The highest BCUT2D eigenvalue weighted by Crippen LogP contribution is 2.33. The number of benzene rings is 3. The molecule has 0 atom stereocenters. The smallest absolute Gasteiger partial charge is 0.231 e. The van der Waals surface area contributed by atoms with Gasteiger partial charge in [0.05, 0.1) is 11.7 Å². The summed E-state index contributed by atoms with van der Waals surface area (Å²) in [6, 6.07) is 24.1. The van der Waals surface area contributed by atoms with Gasteiger partial charge in [-0.05, 0) is 59.2 Å². The minimum absolute atomic E-state index is 0.258. The number of hydrogen-bond donors (Lipinski definition) is 1. The number of nitrogens with zero attached hydrogens (tertiary/aromatic N) is 2. The summed E-state index contributed by atoms with van der Waals surface area (Å²) in [5.74, 6) is 2.16. The highest BCUT2D eigenvalue weighted by Gasteiger charge is 2.12. The molecule has 0 fully saturated rings. The van der Waals surface area contributed by atoms with Crippen LogP contribution in [0, 0.1) is 0 Å². The highest BCUT2D eigenvalue weighted by atomic mass is 79.9. The topological polar surface area (TPSA) is 55.7 Å². The molecule has 2 heterocycles. The summed E-state index contributed by atoms with van der Waals surface area (Å²) >= 11 is 3.56. The third-order valence-corrected chi connectivity index (χ3v) is 5.14. The van der Waals surface area contributed by atoms with Crippen LogP contribution >= 0.6 is 15.9 Å². The fourth-order valence-corrected chi connectivity index (χ4v) is 3.64. The zero-order chi connectivity index (χ0) is 19.6. The van der Waals surface area contributed by atoms with E-state index in [9.17, 15) is 0 Å². The minimum Gasteiger partial charge on any atom is -0.454 e. The Kier molecular flexibility index (Phi) is 4.62. The third kappa shape index (κ3) is 3.67. The number of rotatable bonds is 4. The van der Waals surface area contributed by atoms with Gasteiger partial charge in [0.15, 0.2) is 11.5 Å². The second kappa shape index (κ2) is 7.56. The first-order valence-corrected chi connectivity index (χ1v) is 9.90. The average molecular weight is 446 g/mol. The zero-order valence-electron chi connectivity index (χ0n) is 15.3. The fourth-order valence-electron chi connectivity index (χ4n) is 3.28. The van der Waals surface area contributed by atoms with Gasteiger partial charge in [-0.3, -0.25) is 5.43 Å². The van der Waals surface area contributed by atoms with Crippen LogP contribution in [0.1, 0.15) is 5.56 Å². The molecule has 0 bridgehead atoms. The average Bonchev–Trinajstić information content (AvgIpc) is 3.22. The maximum absolute atomic E-state index is 5.41. The molecule has 1 aromatic heterocycles. The number of fused-ring (bicyclic) bond motifs is 2. The Morgan fingerprint density at radius 3 is 2.69 bits per heavy atom. The van der Waals surface area contributed by atoms with E-state index >= 15 is 0 Å². The van der Waals surface area contributed by atoms with E-state index in [1.54, 1.807) is 6.21 Å². The van der Waals surface area contributed by atoms with E-state index in [0.717, 1.165) is 43.6 Å². The molecule has 0 saturated heterocycles. The summed E-state index contributed by atoms with van der Waals surface area (Å²) in [6.07, 6.45) is 1.73. The van der Waals surface area contributed by atoms with Gasteiger partial charge >= 0.3 is 0 Å². The van der Waals surface area contributed by atoms with Gasteiger partial charge in [-0.2, -0.15) is 5.10 Å². The highest BCUT2D eigenvalue weighted by molar-refractivity contribution is 9.10. The van der Waals surface area contributed by atoms with Crippen LogP contribution in [0.15, 0.2) is 82.4 Å². The van der Waals surface area contributed by atoms with E-state index in [1.165, 1.54) is 0 Å². The van der Waals surface area contributed by atoms with Crippen LogP contribution in [0.3, 0.4) is 0 Å². The standard InChI is InChI=1S/C23H16BrN3O2/c24-17-7-8-20-19(11-17)18(16-4-2-1-3-5-16)12-23(26-20)27-25-13-15-6-9-21-22(10-15)29-14-28-21/h1-13H,14H2,(H,26,27). The molecule has 142 valence electrons. The number of anilines is 1. The lowest BCUT2D eigenvalue weighted by Crippen LogP contribution is -1.96. The number of pyridine rings is 1. The first kappa shape index (κ1) is 17.7. The Labute approximate surface area is 176 Å². The van der Waals surface area contributed by atoms with Crippen LogP contribution in [0.2, 0.25) is 0 Å². The summed E-state index contributed by atoms with van der Waals surface area (Å²) < 4.78 is 11.8. The number of ether oxygens (including phenoxy) is 2. The van der Waals surface area contributed by atoms with Crippen LogP contribution in [-0.4, -0.2) is 18.0 Å². The third-order valence-electron chi connectivity index (χ3n) is 4.64. The lowest BCUT2D eigenvalue weighted by molar-refractivity contribution is 0.174. The molecule has 29 heavy (non-hydrogen) atoms. The number of hydrazone groups is 1. The molecule has 5 rings (SSSR count). The molecule has 3 aromatic carbocycles. The second-order valence-electron chi connectivity index (χ2n) is 6.57. The summed E-state index contributed by atoms with van der Waals surface area (Å²) in [4.78, 5) is 4.70. The van der Waals surface area contributed by atoms with Crippen molar-refractivity contribution in [2.24, 2.45) is 5.10 Å². The molecule has 6 heteroatoms. The second-order valence-corrected chi connectivity index (χ2v) is 7.48. The van der Waals surface area contributed by atoms with Crippen molar-refractivity contribution in [1.29, 1.82) is 0 Å². The van der Waals surface area contributed by atoms with E-state index in [4.69, 9.17) is 14.5 Å². The normalized spacial score (nSPS) is 12.6. The van der Waals surface area contributed by atoms with E-state index in [1.807, 2.05) is 54.6 Å². The lowest BCUT2D eigenvalue weighted by Gasteiger charge is -2.10. The van der Waals surface area contributed by atoms with Crippen LogP contribution in [0.5, 0.6) is 11.5 Å². The summed E-state index contributed by atoms with van der Waals surface area (Å²) in [5.41, 5.74) is 7.08. The molecule has 0 saturated carbocycles. The van der Waals surface area contributed by atoms with Crippen LogP contribution < -0.4 is 14.9 Å². The van der Waals surface area contributed by atoms with Crippen LogP contribution in [0.4, 0.5) is 5.82 Å². The predicted molar refractivity (Wildman–Crippen MR) is 119 cm³/mol. The molecule has 0 amide bonds. The van der Waals surface area contributed by atoms with Gasteiger partial charge in [0, 0.05) is 9.86 Å². The maximum Gasteiger partial charge on any atom is 0.231 e. The zero-order valence-corrected chi connectivity index (χ0v) is 16.9. The molecular weight excluding hydrogens is 430 g/mol. The van der Waals surface area contributed by atoms with Gasteiger partial charge in [0.25, 0.3) is 0 Å². The summed E-state index contributed by atoms with van der Waals surface area (Å²) in [5, 5.41) is 5.43. The number of hydrogen-bond acceptors (Lipinski definition) is 5. The van der Waals surface area contributed by atoms with Crippen molar-refractivity contribution in [3.05, 3.63) is 82.8 Å². The number of nitrogens with one attached hydrogen (secondary N) is 1. The van der Waals surface area contributed by atoms with Gasteiger partial charge in [0.2, 0.25) is 6.79 Å². The minimum atomic E-state index is 0.258. The van der Waals surface area contributed by atoms with Gasteiger partial charge in [-0.25, -0.2) is 4.98 Å². The molecule has 1 aliphatic rings. The van der Waals surface area contributed by atoms with Crippen molar-refractivity contribution in [2.45, 2.75) is 0 Å². The molecule has 0 aliphatic carbocycles. The Hall–Kier alpha value is -3.38. The van der Waals surface area contributed by atoms with Gasteiger partial charge < -0.3 is 9.47 Å². The molecule has 5 nitrogen and oxygen atoms in total. The Balaban J connectivity index is 1.48. The fraction of sp³-hybridized carbons (Fsp3) is 0.0435. The largest absolute Gasteiger partial charge is 0.454 e. The van der Waals surface area contributed by atoms with E-state index in [-0.39, 0.29) is 6.79 Å². The van der Waals surface area contributed by atoms with Crippen LogP contribution in [0.25, 0.3) is 22.0 Å². The van der Waals surface area contributed by atoms with Crippen molar-refractivity contribution in [2.75, 3.05) is 12.2 Å². The van der Waals surface area contributed by atoms with Crippen molar-refractivity contribution in [1.82, 2.24) is 4.98 Å². The Bertz CT molecular complexity index is 1230. The molecule has 0 spiro atoms. The molecule has 0 unspecified atom stereocenters. The van der Waals surface area contributed by atoms with E-state index < -0.39 is 0 Å². The van der Waals surface area contributed by atoms with E-state index in [2.05, 4.69) is 44.7 Å². The van der Waals surface area contributed by atoms with E-state index in [0.29, 0.717) is 5.82 Å². The summed E-state index contributed by atoms with van der Waals surface area (Å²) in [7, 11) is 0. The first-order chi connectivity index (χ1) is 14.3. The number of halogens is 1. The van der Waals surface area contributed by atoms with Crippen molar-refractivity contribution in [3.8, 4) is 22.6 Å². The first-order valence-electron chi connectivity index (χ1n) is 9.11. The van der Waals surface area contributed by atoms with Crippen LogP contribution in [-0.2, 0) is 0 Å². The number of aromatic nitrogens is 1. The van der Waals surface area contributed by atoms with Crippen molar-refractivity contribution in [3.63, 3.8) is 0 Å². The van der Waals surface area contributed by atoms with Gasteiger partial charge in [-0.15, -0.1) is 0 Å². The lowest BCUT2D eigenvalue weighted by atomic mass is 10.0. The molecular formula is C23H16BrN3O2. The Morgan fingerprint density at radius 1 is 0.931 bits per heavy atom. The molecule has 0 radical (unpaired) electrons. The van der Waals surface area contributed by atoms with Gasteiger partial charge in [0.1, 0.15) is 5.82 Å². The Morgan fingerprint density at radius 2 is 1.79 bits per heavy atom. The van der Waals surface area contributed by atoms with Crippen molar-refractivity contribution < 1.29 is 9.47 Å². The summed E-state index contributed by atoms with van der Waals surface area (Å²) in [6.45, 7) is 0.258. The quantitative estimate of drug-likeness (QED) is 0.316. The molecule has 4 aromatic rings. The SMILES string of the molecule is Brc1ccc2nc(NN=Cc3ccc4c(c3)OCO4)cc(-c3ccccc3)c2c1. The maximum atomic E-state index is 5.41.